The fraction of sp³-hybridized carbons (Fsp3) is 0.588. The molecule has 0 saturated heterocycles. The molecule has 21 heavy (non-hydrogen) atoms. The summed E-state index contributed by atoms with van der Waals surface area (Å²) in [4.78, 5) is 12.0. The third kappa shape index (κ3) is 6.52. The Morgan fingerprint density at radius 2 is 1.86 bits per heavy atom. The lowest BCUT2D eigenvalue weighted by atomic mass is 10.1. The lowest BCUT2D eigenvalue weighted by Gasteiger charge is -2.09. The van der Waals surface area contributed by atoms with E-state index in [0.717, 1.165) is 13.0 Å². The standard InChI is InChI=1S/C17H28N2O2/c1-3-5-6-7-8-9-12-19-17(20)14-10-11-16(21-4-2)15(18)13-14/h10-11,13H,3-9,12,18H2,1-2H3,(H,19,20). The summed E-state index contributed by atoms with van der Waals surface area (Å²) in [7, 11) is 0. The number of hydrogen-bond acceptors (Lipinski definition) is 3. The van der Waals surface area contributed by atoms with Gasteiger partial charge in [0.25, 0.3) is 5.91 Å². The number of anilines is 1. The van der Waals surface area contributed by atoms with E-state index in [4.69, 9.17) is 10.5 Å². The van der Waals surface area contributed by atoms with Gasteiger partial charge in [-0.05, 0) is 31.5 Å². The zero-order valence-electron chi connectivity index (χ0n) is 13.3. The van der Waals surface area contributed by atoms with Crippen LogP contribution in [0, 0.1) is 0 Å². The normalized spacial score (nSPS) is 10.4. The Kier molecular flexibility index (Phi) is 8.32. The summed E-state index contributed by atoms with van der Waals surface area (Å²) in [5, 5.41) is 2.93. The monoisotopic (exact) mass is 292 g/mol. The molecule has 0 bridgehead atoms. The number of nitrogens with two attached hydrogens (primary N) is 1. The molecule has 1 rings (SSSR count). The van der Waals surface area contributed by atoms with Gasteiger partial charge in [-0.2, -0.15) is 0 Å². The minimum absolute atomic E-state index is 0.0710. The van der Waals surface area contributed by atoms with Gasteiger partial charge in [-0.3, -0.25) is 4.79 Å². The molecule has 1 aromatic carbocycles. The van der Waals surface area contributed by atoms with Crippen LogP contribution >= 0.6 is 0 Å². The fourth-order valence-electron chi connectivity index (χ4n) is 2.19. The Balaban J connectivity index is 2.30. The van der Waals surface area contributed by atoms with Crippen molar-refractivity contribution in [1.82, 2.24) is 5.32 Å². The van der Waals surface area contributed by atoms with Crippen molar-refractivity contribution >= 4 is 11.6 Å². The quantitative estimate of drug-likeness (QED) is 0.510. The summed E-state index contributed by atoms with van der Waals surface area (Å²) in [5.41, 5.74) is 6.95. The van der Waals surface area contributed by atoms with Gasteiger partial charge in [-0.1, -0.05) is 39.0 Å². The van der Waals surface area contributed by atoms with Crippen LogP contribution in [0.2, 0.25) is 0 Å². The predicted octanol–water partition coefficient (Wildman–Crippen LogP) is 3.76. The third-order valence-electron chi connectivity index (χ3n) is 3.39. The van der Waals surface area contributed by atoms with Crippen molar-refractivity contribution in [3.63, 3.8) is 0 Å². The van der Waals surface area contributed by atoms with Gasteiger partial charge in [0, 0.05) is 12.1 Å². The third-order valence-corrected chi connectivity index (χ3v) is 3.39. The van der Waals surface area contributed by atoms with Crippen LogP contribution in [-0.4, -0.2) is 19.1 Å². The van der Waals surface area contributed by atoms with Crippen molar-refractivity contribution in [3.05, 3.63) is 23.8 Å². The molecule has 0 radical (unpaired) electrons. The molecular formula is C17H28N2O2. The first-order chi connectivity index (χ1) is 10.2. The summed E-state index contributed by atoms with van der Waals surface area (Å²) in [6, 6.07) is 5.16. The van der Waals surface area contributed by atoms with Crippen molar-refractivity contribution in [2.45, 2.75) is 52.4 Å². The Morgan fingerprint density at radius 3 is 2.52 bits per heavy atom. The molecule has 3 N–H and O–H groups in total. The van der Waals surface area contributed by atoms with Gasteiger partial charge in [0.2, 0.25) is 0 Å². The number of carbonyl (C=O) groups is 1. The lowest BCUT2D eigenvalue weighted by molar-refractivity contribution is 0.0953. The van der Waals surface area contributed by atoms with Gasteiger partial charge < -0.3 is 15.8 Å². The Hall–Kier alpha value is -1.71. The lowest BCUT2D eigenvalue weighted by Crippen LogP contribution is -2.24. The number of hydrogen-bond donors (Lipinski definition) is 2. The molecule has 118 valence electrons. The Bertz CT molecular complexity index is 433. The number of rotatable bonds is 10. The maximum absolute atomic E-state index is 12.0. The fourth-order valence-corrected chi connectivity index (χ4v) is 2.19. The molecule has 0 fully saturated rings. The number of carbonyl (C=O) groups excluding carboxylic acids is 1. The van der Waals surface area contributed by atoms with Crippen molar-refractivity contribution in [3.8, 4) is 5.75 Å². The molecule has 0 aromatic heterocycles. The molecule has 1 aromatic rings. The van der Waals surface area contributed by atoms with Crippen LogP contribution in [0.3, 0.4) is 0 Å². The number of nitrogen functional groups attached to an aromatic ring is 1. The van der Waals surface area contributed by atoms with Gasteiger partial charge in [-0.25, -0.2) is 0 Å². The molecule has 0 atom stereocenters. The summed E-state index contributed by atoms with van der Waals surface area (Å²) >= 11 is 0. The second-order valence-corrected chi connectivity index (χ2v) is 5.21. The minimum Gasteiger partial charge on any atom is -0.492 e. The second kappa shape index (κ2) is 10.1. The smallest absolute Gasteiger partial charge is 0.251 e. The average molecular weight is 292 g/mol. The van der Waals surface area contributed by atoms with Crippen LogP contribution in [0.25, 0.3) is 0 Å². The predicted molar refractivity (Wildman–Crippen MR) is 87.7 cm³/mol. The molecule has 0 unspecified atom stereocenters. The van der Waals surface area contributed by atoms with E-state index in [1.54, 1.807) is 18.2 Å². The van der Waals surface area contributed by atoms with E-state index in [0.29, 0.717) is 23.6 Å². The summed E-state index contributed by atoms with van der Waals surface area (Å²) in [6.45, 7) is 5.40. The van der Waals surface area contributed by atoms with Crippen LogP contribution in [0.15, 0.2) is 18.2 Å². The van der Waals surface area contributed by atoms with Crippen molar-refractivity contribution in [1.29, 1.82) is 0 Å². The van der Waals surface area contributed by atoms with Crippen LogP contribution < -0.4 is 15.8 Å². The Morgan fingerprint density at radius 1 is 1.14 bits per heavy atom. The van der Waals surface area contributed by atoms with Crippen LogP contribution in [0.1, 0.15) is 62.7 Å². The second-order valence-electron chi connectivity index (χ2n) is 5.21. The number of benzene rings is 1. The van der Waals surface area contributed by atoms with E-state index in [1.165, 1.54) is 32.1 Å². The number of amides is 1. The molecular weight excluding hydrogens is 264 g/mol. The molecule has 0 heterocycles. The molecule has 1 amide bonds. The van der Waals surface area contributed by atoms with E-state index >= 15 is 0 Å². The topological polar surface area (TPSA) is 64.3 Å². The molecule has 0 spiro atoms. The average Bonchev–Trinajstić information content (AvgIpc) is 2.48. The first-order valence-electron chi connectivity index (χ1n) is 7.99. The highest BCUT2D eigenvalue weighted by atomic mass is 16.5. The minimum atomic E-state index is -0.0710. The van der Waals surface area contributed by atoms with Crippen LogP contribution in [0.5, 0.6) is 5.75 Å². The number of unbranched alkanes of at least 4 members (excludes halogenated alkanes) is 5. The largest absolute Gasteiger partial charge is 0.492 e. The van der Waals surface area contributed by atoms with Crippen LogP contribution in [0.4, 0.5) is 5.69 Å². The molecule has 4 heteroatoms. The summed E-state index contributed by atoms with van der Waals surface area (Å²) in [6.07, 6.45) is 7.31. The van der Waals surface area contributed by atoms with Gasteiger partial charge in [-0.15, -0.1) is 0 Å². The molecule has 4 nitrogen and oxygen atoms in total. The zero-order valence-corrected chi connectivity index (χ0v) is 13.3. The van der Waals surface area contributed by atoms with E-state index in [-0.39, 0.29) is 5.91 Å². The SMILES string of the molecule is CCCCCCCCNC(=O)c1ccc(OCC)c(N)c1. The summed E-state index contributed by atoms with van der Waals surface area (Å²) in [5.74, 6) is 0.559. The molecule has 0 aliphatic heterocycles. The van der Waals surface area contributed by atoms with E-state index in [2.05, 4.69) is 12.2 Å². The van der Waals surface area contributed by atoms with E-state index in [9.17, 15) is 4.79 Å². The molecule has 0 aliphatic rings. The highest BCUT2D eigenvalue weighted by molar-refractivity contribution is 5.95. The first kappa shape index (κ1) is 17.3. The van der Waals surface area contributed by atoms with E-state index < -0.39 is 0 Å². The highest BCUT2D eigenvalue weighted by Gasteiger charge is 2.08. The van der Waals surface area contributed by atoms with Crippen molar-refractivity contribution < 1.29 is 9.53 Å². The maximum Gasteiger partial charge on any atom is 0.251 e. The van der Waals surface area contributed by atoms with E-state index in [1.807, 2.05) is 6.92 Å². The van der Waals surface area contributed by atoms with Gasteiger partial charge >= 0.3 is 0 Å². The van der Waals surface area contributed by atoms with Crippen LogP contribution in [-0.2, 0) is 0 Å². The van der Waals surface area contributed by atoms with Gasteiger partial charge in [0.1, 0.15) is 5.75 Å². The first-order valence-corrected chi connectivity index (χ1v) is 7.99. The van der Waals surface area contributed by atoms with Crippen molar-refractivity contribution in [2.75, 3.05) is 18.9 Å². The highest BCUT2D eigenvalue weighted by Crippen LogP contribution is 2.22. The molecule has 0 saturated carbocycles. The molecule has 0 aliphatic carbocycles. The zero-order chi connectivity index (χ0) is 15.5. The maximum atomic E-state index is 12.0. The number of ether oxygens (including phenoxy) is 1. The number of nitrogens with one attached hydrogen (secondary N) is 1. The summed E-state index contributed by atoms with van der Waals surface area (Å²) < 4.78 is 5.36. The van der Waals surface area contributed by atoms with Gasteiger partial charge in [0.15, 0.2) is 0 Å². The van der Waals surface area contributed by atoms with Crippen molar-refractivity contribution in [2.24, 2.45) is 0 Å². The Labute approximate surface area is 128 Å². The van der Waals surface area contributed by atoms with Gasteiger partial charge in [0.05, 0.1) is 12.3 Å².